The Balaban J connectivity index is 0.00000242. The Morgan fingerprint density at radius 1 is 1.27 bits per heavy atom. The number of hydrogen-bond acceptors (Lipinski definition) is 3. The highest BCUT2D eigenvalue weighted by molar-refractivity contribution is 5.98. The standard InChI is InChI=1S/C15H18F2N2O2.ClH/c16-10-3-4-12(13(17)8-10)14(20)5-6-15(21)19-11-2-1-7-18-9-11;/h3-4,8,11,18H,1-2,5-7,9H2,(H,19,21);1H. The maximum atomic E-state index is 13.4. The van der Waals surface area contributed by atoms with E-state index < -0.39 is 17.4 Å². The lowest BCUT2D eigenvalue weighted by molar-refractivity contribution is -0.121. The molecule has 2 rings (SSSR count). The van der Waals surface area contributed by atoms with Gasteiger partial charge in [0.15, 0.2) is 5.78 Å². The fraction of sp³-hybridized carbons (Fsp3) is 0.467. The van der Waals surface area contributed by atoms with Crippen LogP contribution in [-0.2, 0) is 4.79 Å². The Kier molecular flexibility index (Phi) is 7.41. The number of carbonyl (C=O) groups is 2. The number of piperidine rings is 1. The molecule has 1 aromatic rings. The molecule has 1 aliphatic rings. The highest BCUT2D eigenvalue weighted by atomic mass is 35.5. The average Bonchev–Trinajstić information content (AvgIpc) is 2.46. The maximum absolute atomic E-state index is 13.4. The molecule has 0 radical (unpaired) electrons. The topological polar surface area (TPSA) is 58.2 Å². The van der Waals surface area contributed by atoms with E-state index in [4.69, 9.17) is 0 Å². The SMILES string of the molecule is Cl.O=C(CCC(=O)c1ccc(F)cc1F)NC1CCCNC1. The summed E-state index contributed by atoms with van der Waals surface area (Å²) in [6.45, 7) is 1.68. The van der Waals surface area contributed by atoms with Crippen LogP contribution in [0.5, 0.6) is 0 Å². The molecule has 0 bridgehead atoms. The molecule has 1 unspecified atom stereocenters. The molecule has 0 aromatic heterocycles. The van der Waals surface area contributed by atoms with Gasteiger partial charge in [0, 0.05) is 31.5 Å². The van der Waals surface area contributed by atoms with Crippen LogP contribution in [0, 0.1) is 11.6 Å². The molecule has 1 aliphatic heterocycles. The minimum atomic E-state index is -0.892. The highest BCUT2D eigenvalue weighted by Gasteiger charge is 2.17. The van der Waals surface area contributed by atoms with Crippen molar-refractivity contribution in [3.8, 4) is 0 Å². The van der Waals surface area contributed by atoms with Gasteiger partial charge in [-0.25, -0.2) is 8.78 Å². The van der Waals surface area contributed by atoms with Crippen molar-refractivity contribution < 1.29 is 18.4 Å². The summed E-state index contributed by atoms with van der Waals surface area (Å²) in [5, 5.41) is 6.02. The Labute approximate surface area is 134 Å². The molecule has 7 heteroatoms. The first-order chi connectivity index (χ1) is 10.1. The molecule has 1 saturated heterocycles. The van der Waals surface area contributed by atoms with Crippen LogP contribution in [0.15, 0.2) is 18.2 Å². The summed E-state index contributed by atoms with van der Waals surface area (Å²) >= 11 is 0. The van der Waals surface area contributed by atoms with Crippen molar-refractivity contribution in [2.45, 2.75) is 31.7 Å². The van der Waals surface area contributed by atoms with Crippen LogP contribution in [0.25, 0.3) is 0 Å². The molecule has 0 spiro atoms. The van der Waals surface area contributed by atoms with E-state index in [9.17, 15) is 18.4 Å². The molecule has 0 saturated carbocycles. The minimum absolute atomic E-state index is 0. The van der Waals surface area contributed by atoms with Crippen LogP contribution >= 0.6 is 12.4 Å². The Morgan fingerprint density at radius 2 is 2.05 bits per heavy atom. The fourth-order valence-corrected chi connectivity index (χ4v) is 2.35. The Bertz CT molecular complexity index is 534. The number of nitrogens with one attached hydrogen (secondary N) is 2. The fourth-order valence-electron chi connectivity index (χ4n) is 2.35. The monoisotopic (exact) mass is 332 g/mol. The van der Waals surface area contributed by atoms with Gasteiger partial charge in [-0.2, -0.15) is 0 Å². The van der Waals surface area contributed by atoms with Crippen molar-refractivity contribution in [2.24, 2.45) is 0 Å². The van der Waals surface area contributed by atoms with E-state index in [0.717, 1.165) is 38.1 Å². The first-order valence-electron chi connectivity index (χ1n) is 7.04. The van der Waals surface area contributed by atoms with Crippen LogP contribution < -0.4 is 10.6 Å². The zero-order valence-corrected chi connectivity index (χ0v) is 12.8. The lowest BCUT2D eigenvalue weighted by Gasteiger charge is -2.23. The van der Waals surface area contributed by atoms with Gasteiger partial charge in [0.2, 0.25) is 5.91 Å². The van der Waals surface area contributed by atoms with Gasteiger partial charge in [-0.3, -0.25) is 9.59 Å². The van der Waals surface area contributed by atoms with Gasteiger partial charge >= 0.3 is 0 Å². The molecule has 4 nitrogen and oxygen atoms in total. The van der Waals surface area contributed by atoms with E-state index in [1.807, 2.05) is 0 Å². The molecule has 1 amide bonds. The number of hydrogen-bond donors (Lipinski definition) is 2. The summed E-state index contributed by atoms with van der Waals surface area (Å²) < 4.78 is 26.2. The average molecular weight is 333 g/mol. The minimum Gasteiger partial charge on any atom is -0.352 e. The van der Waals surface area contributed by atoms with Gasteiger partial charge in [-0.05, 0) is 31.5 Å². The second-order valence-electron chi connectivity index (χ2n) is 5.16. The summed E-state index contributed by atoms with van der Waals surface area (Å²) in [6, 6.07) is 2.89. The van der Waals surface area contributed by atoms with E-state index in [2.05, 4.69) is 10.6 Å². The predicted molar refractivity (Wildman–Crippen MR) is 81.2 cm³/mol. The molecule has 1 aromatic carbocycles. The second-order valence-corrected chi connectivity index (χ2v) is 5.16. The van der Waals surface area contributed by atoms with Crippen molar-refractivity contribution in [3.63, 3.8) is 0 Å². The van der Waals surface area contributed by atoms with Gasteiger partial charge in [-0.1, -0.05) is 0 Å². The van der Waals surface area contributed by atoms with Crippen molar-refractivity contribution in [1.82, 2.24) is 10.6 Å². The van der Waals surface area contributed by atoms with E-state index in [1.165, 1.54) is 0 Å². The number of rotatable bonds is 5. The van der Waals surface area contributed by atoms with Crippen molar-refractivity contribution >= 4 is 24.1 Å². The normalized spacial score (nSPS) is 17.5. The number of ketones is 1. The van der Waals surface area contributed by atoms with Crippen LogP contribution in [0.2, 0.25) is 0 Å². The number of Topliss-reactive ketones (excluding diaryl/α,β-unsaturated/α-hetero) is 1. The Hall–Kier alpha value is -1.53. The molecular weight excluding hydrogens is 314 g/mol. The van der Waals surface area contributed by atoms with Crippen LogP contribution in [0.4, 0.5) is 8.78 Å². The molecular formula is C15H19ClF2N2O2. The largest absolute Gasteiger partial charge is 0.352 e. The van der Waals surface area contributed by atoms with Crippen molar-refractivity contribution in [3.05, 3.63) is 35.4 Å². The highest BCUT2D eigenvalue weighted by Crippen LogP contribution is 2.13. The molecule has 122 valence electrons. The zero-order chi connectivity index (χ0) is 15.2. The van der Waals surface area contributed by atoms with Gasteiger partial charge in [0.05, 0.1) is 5.56 Å². The third kappa shape index (κ3) is 5.35. The van der Waals surface area contributed by atoms with E-state index in [1.54, 1.807) is 0 Å². The third-order valence-corrected chi connectivity index (χ3v) is 3.47. The third-order valence-electron chi connectivity index (χ3n) is 3.47. The predicted octanol–water partition coefficient (Wildman–Crippen LogP) is 2.22. The van der Waals surface area contributed by atoms with Gasteiger partial charge in [0.1, 0.15) is 11.6 Å². The smallest absolute Gasteiger partial charge is 0.220 e. The molecule has 1 atom stereocenters. The van der Waals surface area contributed by atoms with E-state index >= 15 is 0 Å². The van der Waals surface area contributed by atoms with Crippen LogP contribution in [0.1, 0.15) is 36.0 Å². The summed E-state index contributed by atoms with van der Waals surface area (Å²) in [6.07, 6.45) is 1.84. The molecule has 1 heterocycles. The van der Waals surface area contributed by atoms with Crippen molar-refractivity contribution in [1.29, 1.82) is 0 Å². The lowest BCUT2D eigenvalue weighted by atomic mass is 10.0. The summed E-state index contributed by atoms with van der Waals surface area (Å²) in [5.41, 5.74) is -0.177. The number of halogens is 3. The second kappa shape index (κ2) is 8.80. The number of carbonyl (C=O) groups excluding carboxylic acids is 2. The van der Waals surface area contributed by atoms with Crippen LogP contribution in [-0.4, -0.2) is 30.8 Å². The van der Waals surface area contributed by atoms with Crippen molar-refractivity contribution in [2.75, 3.05) is 13.1 Å². The number of benzene rings is 1. The summed E-state index contributed by atoms with van der Waals surface area (Å²) in [7, 11) is 0. The Morgan fingerprint density at radius 3 is 2.68 bits per heavy atom. The quantitative estimate of drug-likeness (QED) is 0.813. The van der Waals surface area contributed by atoms with Gasteiger partial charge in [-0.15, -0.1) is 12.4 Å². The summed E-state index contributed by atoms with van der Waals surface area (Å²) in [4.78, 5) is 23.6. The van der Waals surface area contributed by atoms with Crippen LogP contribution in [0.3, 0.4) is 0 Å². The molecule has 1 fully saturated rings. The van der Waals surface area contributed by atoms with E-state index in [-0.39, 0.29) is 42.8 Å². The van der Waals surface area contributed by atoms with Gasteiger partial charge in [0.25, 0.3) is 0 Å². The van der Waals surface area contributed by atoms with E-state index in [0.29, 0.717) is 6.07 Å². The summed E-state index contributed by atoms with van der Waals surface area (Å²) in [5.74, 6) is -2.34. The first kappa shape index (κ1) is 18.5. The lowest BCUT2D eigenvalue weighted by Crippen LogP contribution is -2.45. The number of amides is 1. The first-order valence-corrected chi connectivity index (χ1v) is 7.04. The molecule has 0 aliphatic carbocycles. The maximum Gasteiger partial charge on any atom is 0.220 e. The molecule has 22 heavy (non-hydrogen) atoms. The van der Waals surface area contributed by atoms with Gasteiger partial charge < -0.3 is 10.6 Å². The zero-order valence-electron chi connectivity index (χ0n) is 12.0. The molecule has 2 N–H and O–H groups in total.